The van der Waals surface area contributed by atoms with E-state index in [0.717, 1.165) is 10.9 Å². The molecule has 3 heterocycles. The first-order valence-electron chi connectivity index (χ1n) is 9.36. The molecule has 1 aromatic heterocycles. The molecule has 28 heavy (non-hydrogen) atoms. The maximum Gasteiger partial charge on any atom is 0.253 e. The highest BCUT2D eigenvalue weighted by Gasteiger charge is 2.40. The van der Waals surface area contributed by atoms with Crippen molar-refractivity contribution in [2.45, 2.75) is 18.6 Å². The Bertz CT molecular complexity index is 1010. The standard InChI is InChI=1S/C21H19ClN2O4/c22-16-4-1-14(2-5-16)19-17-13-15(3-6-18(17)23-28-19)20(25)24-9-7-21(8-10-24)26-11-12-27-21/h1-6,13H,7-12H2. The number of piperidine rings is 1. The summed E-state index contributed by atoms with van der Waals surface area (Å²) < 4.78 is 17.0. The second-order valence-corrected chi connectivity index (χ2v) is 7.59. The third-order valence-electron chi connectivity index (χ3n) is 5.46. The molecule has 2 fully saturated rings. The number of fused-ring (bicyclic) bond motifs is 1. The molecule has 3 aromatic rings. The van der Waals surface area contributed by atoms with Crippen LogP contribution < -0.4 is 0 Å². The van der Waals surface area contributed by atoms with Gasteiger partial charge in [-0.2, -0.15) is 0 Å². The lowest BCUT2D eigenvalue weighted by molar-refractivity contribution is -0.181. The molecule has 1 amide bonds. The summed E-state index contributed by atoms with van der Waals surface area (Å²) in [5.41, 5.74) is 2.20. The predicted octanol–water partition coefficient (Wildman–Crippen LogP) is 4.13. The van der Waals surface area contributed by atoms with E-state index in [1.165, 1.54) is 0 Å². The van der Waals surface area contributed by atoms with Gasteiger partial charge < -0.3 is 18.9 Å². The van der Waals surface area contributed by atoms with Crippen LogP contribution in [-0.2, 0) is 9.47 Å². The molecule has 0 radical (unpaired) electrons. The lowest BCUT2D eigenvalue weighted by Crippen LogP contribution is -2.47. The molecule has 0 atom stereocenters. The second-order valence-electron chi connectivity index (χ2n) is 7.15. The Labute approximate surface area is 166 Å². The number of nitrogens with zero attached hydrogens (tertiary/aromatic N) is 2. The van der Waals surface area contributed by atoms with Gasteiger partial charge in [0, 0.05) is 42.1 Å². The number of benzene rings is 2. The van der Waals surface area contributed by atoms with Gasteiger partial charge in [0.05, 0.1) is 18.6 Å². The van der Waals surface area contributed by atoms with Crippen molar-refractivity contribution in [3.05, 3.63) is 53.1 Å². The molecule has 144 valence electrons. The van der Waals surface area contributed by atoms with Gasteiger partial charge >= 0.3 is 0 Å². The first-order valence-corrected chi connectivity index (χ1v) is 9.74. The summed E-state index contributed by atoms with van der Waals surface area (Å²) in [6.45, 7) is 2.49. The molecule has 2 saturated heterocycles. The average Bonchev–Trinajstić information content (AvgIpc) is 3.35. The monoisotopic (exact) mass is 398 g/mol. The van der Waals surface area contributed by atoms with Crippen molar-refractivity contribution in [2.24, 2.45) is 0 Å². The Morgan fingerprint density at radius 3 is 2.46 bits per heavy atom. The summed E-state index contributed by atoms with van der Waals surface area (Å²) in [6.07, 6.45) is 1.40. The highest BCUT2D eigenvalue weighted by molar-refractivity contribution is 6.30. The number of amides is 1. The topological polar surface area (TPSA) is 64.8 Å². The van der Waals surface area contributed by atoms with Crippen LogP contribution in [0.2, 0.25) is 5.02 Å². The van der Waals surface area contributed by atoms with Gasteiger partial charge in [-0.25, -0.2) is 0 Å². The third-order valence-corrected chi connectivity index (χ3v) is 5.71. The van der Waals surface area contributed by atoms with Crippen molar-refractivity contribution in [1.29, 1.82) is 0 Å². The summed E-state index contributed by atoms with van der Waals surface area (Å²) in [5, 5.41) is 5.58. The predicted molar refractivity (Wildman–Crippen MR) is 104 cm³/mol. The van der Waals surface area contributed by atoms with Crippen molar-refractivity contribution in [2.75, 3.05) is 26.3 Å². The van der Waals surface area contributed by atoms with E-state index in [1.807, 2.05) is 29.2 Å². The molecule has 0 bridgehead atoms. The van der Waals surface area contributed by atoms with E-state index in [4.69, 9.17) is 25.6 Å². The second kappa shape index (κ2) is 6.88. The number of hydrogen-bond acceptors (Lipinski definition) is 5. The van der Waals surface area contributed by atoms with Crippen molar-refractivity contribution in [1.82, 2.24) is 10.1 Å². The van der Waals surface area contributed by atoms with E-state index in [0.29, 0.717) is 61.0 Å². The van der Waals surface area contributed by atoms with Gasteiger partial charge in [0.15, 0.2) is 11.5 Å². The zero-order valence-corrected chi connectivity index (χ0v) is 15.9. The number of carbonyl (C=O) groups is 1. The Balaban J connectivity index is 1.41. The highest BCUT2D eigenvalue weighted by atomic mass is 35.5. The maximum atomic E-state index is 13.0. The molecule has 2 aromatic carbocycles. The van der Waals surface area contributed by atoms with Crippen molar-refractivity contribution in [3.8, 4) is 11.3 Å². The molecule has 7 heteroatoms. The van der Waals surface area contributed by atoms with Crippen LogP contribution in [0.3, 0.4) is 0 Å². The number of rotatable bonds is 2. The normalized spacial score (nSPS) is 18.8. The van der Waals surface area contributed by atoms with Crippen LogP contribution in [0.4, 0.5) is 0 Å². The zero-order valence-electron chi connectivity index (χ0n) is 15.2. The summed E-state index contributed by atoms with van der Waals surface area (Å²) in [7, 11) is 0. The van der Waals surface area contributed by atoms with Crippen LogP contribution in [0.1, 0.15) is 23.2 Å². The zero-order chi connectivity index (χ0) is 19.1. The van der Waals surface area contributed by atoms with E-state index >= 15 is 0 Å². The summed E-state index contributed by atoms with van der Waals surface area (Å²) >= 11 is 5.97. The van der Waals surface area contributed by atoms with Crippen LogP contribution in [0, 0.1) is 0 Å². The van der Waals surface area contributed by atoms with E-state index in [9.17, 15) is 4.79 Å². The van der Waals surface area contributed by atoms with E-state index < -0.39 is 5.79 Å². The van der Waals surface area contributed by atoms with Crippen molar-refractivity contribution in [3.63, 3.8) is 0 Å². The minimum absolute atomic E-state index is 0.00185. The van der Waals surface area contributed by atoms with Gasteiger partial charge in [-0.15, -0.1) is 0 Å². The number of likely N-dealkylation sites (tertiary alicyclic amines) is 1. The molecule has 1 spiro atoms. The highest BCUT2D eigenvalue weighted by Crippen LogP contribution is 2.33. The van der Waals surface area contributed by atoms with Crippen LogP contribution >= 0.6 is 11.6 Å². The smallest absolute Gasteiger partial charge is 0.253 e. The van der Waals surface area contributed by atoms with Crippen LogP contribution in [-0.4, -0.2) is 48.1 Å². The quantitative estimate of drug-likeness (QED) is 0.649. The Hall–Kier alpha value is -2.41. The summed E-state index contributed by atoms with van der Waals surface area (Å²) in [5.74, 6) is 0.140. The van der Waals surface area contributed by atoms with Gasteiger partial charge in [-0.1, -0.05) is 16.8 Å². The molecule has 2 aliphatic rings. The Kier molecular flexibility index (Phi) is 4.34. The largest absolute Gasteiger partial charge is 0.355 e. The fourth-order valence-corrected chi connectivity index (χ4v) is 4.03. The summed E-state index contributed by atoms with van der Waals surface area (Å²) in [4.78, 5) is 14.9. The first-order chi connectivity index (χ1) is 13.6. The van der Waals surface area contributed by atoms with E-state index in [2.05, 4.69) is 5.16 Å². The fourth-order valence-electron chi connectivity index (χ4n) is 3.90. The fraction of sp³-hybridized carbons (Fsp3) is 0.333. The Morgan fingerprint density at radius 2 is 1.75 bits per heavy atom. The van der Waals surface area contributed by atoms with Gasteiger partial charge in [-0.3, -0.25) is 4.79 Å². The lowest BCUT2D eigenvalue weighted by atomic mass is 10.0. The molecule has 0 aliphatic carbocycles. The van der Waals surface area contributed by atoms with Gasteiger partial charge in [-0.05, 0) is 42.5 Å². The van der Waals surface area contributed by atoms with Crippen molar-refractivity contribution >= 4 is 28.4 Å². The molecule has 6 nitrogen and oxygen atoms in total. The molecular weight excluding hydrogens is 380 g/mol. The SMILES string of the molecule is O=C(c1ccc2noc(-c3ccc(Cl)cc3)c2c1)N1CCC2(CC1)OCCO2. The average molecular weight is 399 g/mol. The van der Waals surface area contributed by atoms with Crippen molar-refractivity contribution < 1.29 is 18.8 Å². The van der Waals surface area contributed by atoms with Gasteiger partial charge in [0.2, 0.25) is 0 Å². The number of carbonyl (C=O) groups excluding carboxylic acids is 1. The molecule has 2 aliphatic heterocycles. The number of ether oxygens (including phenoxy) is 2. The Morgan fingerprint density at radius 1 is 1.04 bits per heavy atom. The minimum atomic E-state index is -0.489. The first kappa shape index (κ1) is 17.7. The van der Waals surface area contributed by atoms with Crippen LogP contribution in [0.25, 0.3) is 22.2 Å². The molecule has 5 rings (SSSR count). The maximum absolute atomic E-state index is 13.0. The van der Waals surface area contributed by atoms with E-state index in [-0.39, 0.29) is 5.91 Å². The van der Waals surface area contributed by atoms with Crippen LogP contribution in [0.15, 0.2) is 47.0 Å². The van der Waals surface area contributed by atoms with Crippen LogP contribution in [0.5, 0.6) is 0 Å². The molecule has 0 N–H and O–H groups in total. The number of halogens is 1. The van der Waals surface area contributed by atoms with E-state index in [1.54, 1.807) is 18.2 Å². The lowest BCUT2D eigenvalue weighted by Gasteiger charge is -2.37. The number of hydrogen-bond donors (Lipinski definition) is 0. The minimum Gasteiger partial charge on any atom is -0.355 e. The van der Waals surface area contributed by atoms with Gasteiger partial charge in [0.25, 0.3) is 5.91 Å². The molecule has 0 unspecified atom stereocenters. The molecular formula is C21H19ClN2O4. The van der Waals surface area contributed by atoms with Gasteiger partial charge in [0.1, 0.15) is 5.52 Å². The summed E-state index contributed by atoms with van der Waals surface area (Å²) in [6, 6.07) is 12.8. The third kappa shape index (κ3) is 3.07. The molecule has 0 saturated carbocycles. The number of aromatic nitrogens is 1.